The summed E-state index contributed by atoms with van der Waals surface area (Å²) in [6.07, 6.45) is 2.04. The maximum atomic E-state index is 13.2. The second-order valence-corrected chi connectivity index (χ2v) is 4.90. The minimum absolute atomic E-state index is 0.0860. The molecule has 0 saturated carbocycles. The predicted octanol–water partition coefficient (Wildman–Crippen LogP) is 2.55. The van der Waals surface area contributed by atoms with Crippen LogP contribution < -0.4 is 5.73 Å². The maximum Gasteiger partial charge on any atom is 0.125 e. The Kier molecular flexibility index (Phi) is 2.50. The van der Waals surface area contributed by atoms with Gasteiger partial charge in [-0.05, 0) is 23.8 Å². The Morgan fingerprint density at radius 3 is 2.69 bits per heavy atom. The molecule has 1 heterocycles. The second kappa shape index (κ2) is 3.59. The fourth-order valence-corrected chi connectivity index (χ4v) is 2.01. The SMILES string of the molecule is Cn1cc(C(C)(C)CN)c2ccc(F)cc21. The molecule has 2 rings (SSSR count). The Bertz CT molecular complexity index is 526. The number of hydrogen-bond donors (Lipinski definition) is 1. The molecule has 0 amide bonds. The summed E-state index contributed by atoms with van der Waals surface area (Å²) < 4.78 is 15.1. The van der Waals surface area contributed by atoms with E-state index in [1.807, 2.05) is 23.9 Å². The van der Waals surface area contributed by atoms with E-state index < -0.39 is 0 Å². The van der Waals surface area contributed by atoms with Crippen LogP contribution in [-0.4, -0.2) is 11.1 Å². The summed E-state index contributed by atoms with van der Waals surface area (Å²) in [5, 5.41) is 1.08. The molecule has 0 radical (unpaired) electrons. The van der Waals surface area contributed by atoms with Crippen LogP contribution >= 0.6 is 0 Å². The number of rotatable bonds is 2. The molecule has 0 aliphatic rings. The monoisotopic (exact) mass is 220 g/mol. The third-order valence-corrected chi connectivity index (χ3v) is 3.19. The van der Waals surface area contributed by atoms with Gasteiger partial charge in [0, 0.05) is 30.6 Å². The summed E-state index contributed by atoms with van der Waals surface area (Å²) in [4.78, 5) is 0. The van der Waals surface area contributed by atoms with Crippen LogP contribution in [0.5, 0.6) is 0 Å². The molecule has 0 aliphatic carbocycles. The smallest absolute Gasteiger partial charge is 0.125 e. The molecule has 0 fully saturated rings. The molecule has 1 aromatic carbocycles. The lowest BCUT2D eigenvalue weighted by atomic mass is 9.85. The van der Waals surface area contributed by atoms with Crippen molar-refractivity contribution in [2.24, 2.45) is 12.8 Å². The molecule has 1 aromatic heterocycles. The number of hydrogen-bond acceptors (Lipinski definition) is 1. The third-order valence-electron chi connectivity index (χ3n) is 3.19. The maximum absolute atomic E-state index is 13.2. The van der Waals surface area contributed by atoms with Crippen LogP contribution in [0.25, 0.3) is 10.9 Å². The standard InChI is InChI=1S/C13H17FN2/c1-13(2,8-15)11-7-16(3)12-6-9(14)4-5-10(11)12/h4-7H,8,15H2,1-3H3. The fourth-order valence-electron chi connectivity index (χ4n) is 2.01. The average molecular weight is 220 g/mol. The fraction of sp³-hybridized carbons (Fsp3) is 0.385. The van der Waals surface area contributed by atoms with Crippen molar-refractivity contribution in [3.63, 3.8) is 0 Å². The molecule has 86 valence electrons. The Morgan fingerprint density at radius 2 is 2.06 bits per heavy atom. The van der Waals surface area contributed by atoms with Gasteiger partial charge in [0.2, 0.25) is 0 Å². The number of nitrogens with two attached hydrogens (primary N) is 1. The molecule has 0 bridgehead atoms. The minimum atomic E-state index is -0.203. The number of benzene rings is 1. The molecule has 0 spiro atoms. The van der Waals surface area contributed by atoms with Gasteiger partial charge in [0.15, 0.2) is 0 Å². The van der Waals surface area contributed by atoms with Gasteiger partial charge in [0.05, 0.1) is 5.52 Å². The summed E-state index contributed by atoms with van der Waals surface area (Å²) in [6, 6.07) is 4.89. The van der Waals surface area contributed by atoms with Gasteiger partial charge in [-0.15, -0.1) is 0 Å². The van der Waals surface area contributed by atoms with Crippen molar-refractivity contribution in [1.29, 1.82) is 0 Å². The molecule has 0 saturated heterocycles. The van der Waals surface area contributed by atoms with E-state index in [4.69, 9.17) is 5.73 Å². The van der Waals surface area contributed by atoms with Crippen molar-refractivity contribution in [3.05, 3.63) is 35.8 Å². The predicted molar refractivity (Wildman–Crippen MR) is 65.0 cm³/mol. The first-order valence-corrected chi connectivity index (χ1v) is 5.41. The molecule has 0 atom stereocenters. The molecule has 2 N–H and O–H groups in total. The van der Waals surface area contributed by atoms with Gasteiger partial charge in [-0.2, -0.15) is 0 Å². The summed E-state index contributed by atoms with van der Waals surface area (Å²) >= 11 is 0. The lowest BCUT2D eigenvalue weighted by molar-refractivity contribution is 0.542. The molecular formula is C13H17FN2. The molecular weight excluding hydrogens is 203 g/mol. The lowest BCUT2D eigenvalue weighted by Crippen LogP contribution is -2.27. The van der Waals surface area contributed by atoms with E-state index in [-0.39, 0.29) is 11.2 Å². The van der Waals surface area contributed by atoms with Gasteiger partial charge >= 0.3 is 0 Å². The zero-order valence-corrected chi connectivity index (χ0v) is 9.92. The molecule has 2 aromatic rings. The van der Waals surface area contributed by atoms with Crippen molar-refractivity contribution in [1.82, 2.24) is 4.57 Å². The van der Waals surface area contributed by atoms with E-state index in [2.05, 4.69) is 13.8 Å². The van der Waals surface area contributed by atoms with Crippen LogP contribution in [0.1, 0.15) is 19.4 Å². The van der Waals surface area contributed by atoms with Crippen molar-refractivity contribution >= 4 is 10.9 Å². The van der Waals surface area contributed by atoms with Gasteiger partial charge in [-0.25, -0.2) is 4.39 Å². The van der Waals surface area contributed by atoms with Gasteiger partial charge in [-0.1, -0.05) is 13.8 Å². The van der Waals surface area contributed by atoms with E-state index in [0.29, 0.717) is 6.54 Å². The minimum Gasteiger partial charge on any atom is -0.350 e. The largest absolute Gasteiger partial charge is 0.350 e. The van der Waals surface area contributed by atoms with E-state index in [1.165, 1.54) is 11.6 Å². The number of nitrogens with zero attached hydrogens (tertiary/aromatic N) is 1. The first-order valence-electron chi connectivity index (χ1n) is 5.41. The van der Waals surface area contributed by atoms with Gasteiger partial charge in [0.1, 0.15) is 5.82 Å². The number of fused-ring (bicyclic) bond motifs is 1. The molecule has 16 heavy (non-hydrogen) atoms. The lowest BCUT2D eigenvalue weighted by Gasteiger charge is -2.21. The highest BCUT2D eigenvalue weighted by molar-refractivity contribution is 5.85. The zero-order chi connectivity index (χ0) is 11.9. The highest BCUT2D eigenvalue weighted by atomic mass is 19.1. The van der Waals surface area contributed by atoms with Crippen LogP contribution in [0, 0.1) is 5.82 Å². The first-order chi connectivity index (χ1) is 7.45. The van der Waals surface area contributed by atoms with Gasteiger partial charge < -0.3 is 10.3 Å². The van der Waals surface area contributed by atoms with Crippen LogP contribution in [0.4, 0.5) is 4.39 Å². The Morgan fingerprint density at radius 1 is 1.38 bits per heavy atom. The average Bonchev–Trinajstić information content (AvgIpc) is 2.57. The Balaban J connectivity index is 2.73. The van der Waals surface area contributed by atoms with Crippen LogP contribution in [0.15, 0.2) is 24.4 Å². The normalized spacial score (nSPS) is 12.3. The van der Waals surface area contributed by atoms with Crippen molar-refractivity contribution in [3.8, 4) is 0 Å². The van der Waals surface area contributed by atoms with Crippen molar-refractivity contribution in [2.75, 3.05) is 6.54 Å². The third kappa shape index (κ3) is 1.61. The van der Waals surface area contributed by atoms with Crippen LogP contribution in [0.3, 0.4) is 0 Å². The van der Waals surface area contributed by atoms with Gasteiger partial charge in [0.25, 0.3) is 0 Å². The summed E-state index contributed by atoms with van der Waals surface area (Å²) in [5.74, 6) is -0.203. The van der Waals surface area contributed by atoms with Crippen molar-refractivity contribution < 1.29 is 4.39 Å². The Labute approximate surface area is 94.9 Å². The van der Waals surface area contributed by atoms with Crippen molar-refractivity contribution in [2.45, 2.75) is 19.3 Å². The molecule has 0 aliphatic heterocycles. The topological polar surface area (TPSA) is 30.9 Å². The number of halogens is 1. The summed E-state index contributed by atoms with van der Waals surface area (Å²) in [6.45, 7) is 4.78. The van der Waals surface area contributed by atoms with E-state index in [9.17, 15) is 4.39 Å². The van der Waals surface area contributed by atoms with E-state index >= 15 is 0 Å². The first kappa shape index (κ1) is 11.1. The zero-order valence-electron chi connectivity index (χ0n) is 9.92. The summed E-state index contributed by atoms with van der Waals surface area (Å²) in [5.41, 5.74) is 7.79. The number of aryl methyl sites for hydroxylation is 1. The van der Waals surface area contributed by atoms with Crippen LogP contribution in [0.2, 0.25) is 0 Å². The highest BCUT2D eigenvalue weighted by Gasteiger charge is 2.23. The van der Waals surface area contributed by atoms with E-state index in [0.717, 1.165) is 10.9 Å². The summed E-state index contributed by atoms with van der Waals surface area (Å²) in [7, 11) is 1.93. The number of aromatic nitrogens is 1. The molecule has 3 heteroatoms. The highest BCUT2D eigenvalue weighted by Crippen LogP contribution is 2.31. The van der Waals surface area contributed by atoms with Gasteiger partial charge in [-0.3, -0.25) is 0 Å². The molecule has 0 unspecified atom stereocenters. The van der Waals surface area contributed by atoms with Crippen LogP contribution in [-0.2, 0) is 12.5 Å². The second-order valence-electron chi connectivity index (χ2n) is 4.90. The quantitative estimate of drug-likeness (QED) is 0.828. The molecule has 2 nitrogen and oxygen atoms in total. The Hall–Kier alpha value is -1.35. The van der Waals surface area contributed by atoms with E-state index in [1.54, 1.807) is 6.07 Å².